The van der Waals surface area contributed by atoms with Crippen molar-refractivity contribution in [3.05, 3.63) is 34.2 Å². The molecule has 4 heteroatoms. The number of hydrogen-bond donors (Lipinski definition) is 1. The fraction of sp³-hybridized carbons (Fsp3) is 0.250. The lowest BCUT2D eigenvalue weighted by molar-refractivity contribution is -0.139. The molecule has 0 aliphatic rings. The first-order chi connectivity index (χ1) is 5.72. The van der Waals surface area contributed by atoms with Crippen LogP contribution >= 0.6 is 0 Å². The Bertz CT molecular complexity index is 329. The molecule has 0 radical (unpaired) electrons. The third-order valence-corrected chi connectivity index (χ3v) is 1.39. The number of H-pyrrole nitrogens is 1. The zero-order chi connectivity index (χ0) is 8.97. The molecule has 1 rings (SSSR count). The molecular formula is C8H9NO3. The molecule has 0 bridgehead atoms. The van der Waals surface area contributed by atoms with Crippen LogP contribution in [0.1, 0.15) is 5.69 Å². The van der Waals surface area contributed by atoms with Gasteiger partial charge in [0, 0.05) is 11.8 Å². The summed E-state index contributed by atoms with van der Waals surface area (Å²) in [6.45, 7) is 0. The number of esters is 1. The highest BCUT2D eigenvalue weighted by atomic mass is 16.5. The Morgan fingerprint density at radius 2 is 2.33 bits per heavy atom. The molecule has 0 aliphatic heterocycles. The Morgan fingerprint density at radius 1 is 1.58 bits per heavy atom. The van der Waals surface area contributed by atoms with Gasteiger partial charge in [0.05, 0.1) is 13.5 Å². The monoisotopic (exact) mass is 167 g/mol. The van der Waals surface area contributed by atoms with Crippen LogP contribution in [0.25, 0.3) is 0 Å². The molecule has 0 unspecified atom stereocenters. The summed E-state index contributed by atoms with van der Waals surface area (Å²) in [4.78, 5) is 24.0. The van der Waals surface area contributed by atoms with Crippen LogP contribution in [-0.2, 0) is 16.0 Å². The molecule has 1 aromatic rings. The van der Waals surface area contributed by atoms with Crippen molar-refractivity contribution in [3.8, 4) is 0 Å². The van der Waals surface area contributed by atoms with E-state index < -0.39 is 0 Å². The molecule has 0 spiro atoms. The van der Waals surface area contributed by atoms with Crippen molar-refractivity contribution in [2.45, 2.75) is 6.42 Å². The van der Waals surface area contributed by atoms with Gasteiger partial charge in [-0.05, 0) is 6.07 Å². The molecule has 0 aromatic carbocycles. The first kappa shape index (κ1) is 8.52. The van der Waals surface area contributed by atoms with Gasteiger partial charge in [0.15, 0.2) is 0 Å². The van der Waals surface area contributed by atoms with E-state index in [4.69, 9.17) is 0 Å². The number of ether oxygens (including phenoxy) is 1. The van der Waals surface area contributed by atoms with E-state index in [1.54, 1.807) is 12.1 Å². The van der Waals surface area contributed by atoms with E-state index in [0.717, 1.165) is 0 Å². The largest absolute Gasteiger partial charge is 0.469 e. The lowest BCUT2D eigenvalue weighted by Gasteiger charge is -1.97. The van der Waals surface area contributed by atoms with E-state index in [0.29, 0.717) is 5.69 Å². The van der Waals surface area contributed by atoms with Gasteiger partial charge in [0.1, 0.15) is 0 Å². The molecule has 4 nitrogen and oxygen atoms in total. The molecule has 0 fully saturated rings. The second-order valence-corrected chi connectivity index (χ2v) is 2.29. The van der Waals surface area contributed by atoms with Crippen molar-refractivity contribution in [2.75, 3.05) is 7.11 Å². The minimum atomic E-state index is -0.364. The number of pyridine rings is 1. The van der Waals surface area contributed by atoms with Gasteiger partial charge in [-0.25, -0.2) is 0 Å². The number of methoxy groups -OCH3 is 1. The minimum absolute atomic E-state index is 0.104. The molecule has 0 atom stereocenters. The SMILES string of the molecule is COC(=O)Cc1cccc(=O)[nH]1. The Balaban J connectivity index is 2.76. The Morgan fingerprint density at radius 3 is 2.92 bits per heavy atom. The maximum absolute atomic E-state index is 10.8. The highest BCUT2D eigenvalue weighted by Crippen LogP contribution is 1.92. The van der Waals surface area contributed by atoms with Crippen molar-refractivity contribution >= 4 is 5.97 Å². The molecule has 12 heavy (non-hydrogen) atoms. The van der Waals surface area contributed by atoms with Gasteiger partial charge >= 0.3 is 5.97 Å². The van der Waals surface area contributed by atoms with Crippen molar-refractivity contribution in [3.63, 3.8) is 0 Å². The normalized spacial score (nSPS) is 9.42. The number of hydrogen-bond acceptors (Lipinski definition) is 3. The summed E-state index contributed by atoms with van der Waals surface area (Å²) < 4.78 is 4.43. The average Bonchev–Trinajstić information content (AvgIpc) is 2.04. The van der Waals surface area contributed by atoms with Gasteiger partial charge < -0.3 is 9.72 Å². The molecule has 1 heterocycles. The fourth-order valence-electron chi connectivity index (χ4n) is 0.824. The first-order valence-corrected chi connectivity index (χ1v) is 3.47. The molecule has 0 saturated heterocycles. The maximum Gasteiger partial charge on any atom is 0.311 e. The third kappa shape index (κ3) is 2.23. The van der Waals surface area contributed by atoms with Crippen LogP contribution in [0.15, 0.2) is 23.0 Å². The van der Waals surface area contributed by atoms with Gasteiger partial charge in [0.2, 0.25) is 5.56 Å². The Hall–Kier alpha value is -1.58. The van der Waals surface area contributed by atoms with E-state index in [-0.39, 0.29) is 17.9 Å². The van der Waals surface area contributed by atoms with Crippen LogP contribution in [0.4, 0.5) is 0 Å². The first-order valence-electron chi connectivity index (χ1n) is 3.47. The van der Waals surface area contributed by atoms with Gasteiger partial charge in [-0.2, -0.15) is 0 Å². The van der Waals surface area contributed by atoms with Crippen LogP contribution in [0.5, 0.6) is 0 Å². The highest BCUT2D eigenvalue weighted by molar-refractivity contribution is 5.71. The van der Waals surface area contributed by atoms with Crippen LogP contribution in [-0.4, -0.2) is 18.1 Å². The number of carbonyl (C=O) groups excluding carboxylic acids is 1. The van der Waals surface area contributed by atoms with Crippen molar-refractivity contribution in [1.82, 2.24) is 4.98 Å². The third-order valence-electron chi connectivity index (χ3n) is 1.39. The second-order valence-electron chi connectivity index (χ2n) is 2.29. The van der Waals surface area contributed by atoms with E-state index >= 15 is 0 Å². The van der Waals surface area contributed by atoms with Crippen LogP contribution in [0, 0.1) is 0 Å². The lowest BCUT2D eigenvalue weighted by atomic mass is 10.3. The summed E-state index contributed by atoms with van der Waals surface area (Å²) in [6, 6.07) is 4.65. The van der Waals surface area contributed by atoms with Gasteiger partial charge in [-0.15, -0.1) is 0 Å². The predicted molar refractivity (Wildman–Crippen MR) is 42.8 cm³/mol. The lowest BCUT2D eigenvalue weighted by Crippen LogP contribution is -2.11. The molecule has 1 N–H and O–H groups in total. The number of aromatic nitrogens is 1. The number of aromatic amines is 1. The molecule has 64 valence electrons. The number of carbonyl (C=O) groups is 1. The minimum Gasteiger partial charge on any atom is -0.469 e. The maximum atomic E-state index is 10.8. The Labute approximate surface area is 69.2 Å². The summed E-state index contributed by atoms with van der Waals surface area (Å²) in [5.74, 6) is -0.364. The summed E-state index contributed by atoms with van der Waals surface area (Å²) >= 11 is 0. The van der Waals surface area contributed by atoms with E-state index in [1.165, 1.54) is 13.2 Å². The van der Waals surface area contributed by atoms with Gasteiger partial charge in [-0.3, -0.25) is 9.59 Å². The van der Waals surface area contributed by atoms with Crippen molar-refractivity contribution in [1.29, 1.82) is 0 Å². The second kappa shape index (κ2) is 3.71. The topological polar surface area (TPSA) is 59.2 Å². The zero-order valence-corrected chi connectivity index (χ0v) is 6.66. The Kier molecular flexibility index (Phi) is 2.63. The standard InChI is InChI=1S/C8H9NO3/c1-12-8(11)5-6-3-2-4-7(10)9-6/h2-4H,5H2,1H3,(H,9,10). The zero-order valence-electron chi connectivity index (χ0n) is 6.66. The van der Waals surface area contributed by atoms with Gasteiger partial charge in [-0.1, -0.05) is 6.07 Å². The molecule has 0 amide bonds. The summed E-state index contributed by atoms with van der Waals surface area (Å²) in [7, 11) is 1.31. The molecular weight excluding hydrogens is 158 g/mol. The van der Waals surface area contributed by atoms with Gasteiger partial charge in [0.25, 0.3) is 0 Å². The van der Waals surface area contributed by atoms with E-state index in [1.807, 2.05) is 0 Å². The smallest absolute Gasteiger partial charge is 0.311 e. The number of rotatable bonds is 2. The van der Waals surface area contributed by atoms with Crippen LogP contribution in [0.3, 0.4) is 0 Å². The molecule has 0 aliphatic carbocycles. The quantitative estimate of drug-likeness (QED) is 0.635. The predicted octanol–water partition coefficient (Wildman–Crippen LogP) is 0.0904. The molecule has 0 saturated carbocycles. The van der Waals surface area contributed by atoms with Crippen molar-refractivity contribution in [2.24, 2.45) is 0 Å². The highest BCUT2D eigenvalue weighted by Gasteiger charge is 2.01. The molecule has 1 aromatic heterocycles. The summed E-state index contributed by atoms with van der Waals surface area (Å²) in [6.07, 6.45) is 0.104. The summed E-state index contributed by atoms with van der Waals surface area (Å²) in [5, 5.41) is 0. The van der Waals surface area contributed by atoms with Crippen LogP contribution < -0.4 is 5.56 Å². The van der Waals surface area contributed by atoms with Crippen LogP contribution in [0.2, 0.25) is 0 Å². The van der Waals surface area contributed by atoms with E-state index in [2.05, 4.69) is 9.72 Å². The average molecular weight is 167 g/mol. The fourth-order valence-corrected chi connectivity index (χ4v) is 0.824. The summed E-state index contributed by atoms with van der Waals surface area (Å²) in [5.41, 5.74) is 0.353. The van der Waals surface area contributed by atoms with E-state index in [9.17, 15) is 9.59 Å². The number of nitrogens with one attached hydrogen (secondary N) is 1. The van der Waals surface area contributed by atoms with Crippen molar-refractivity contribution < 1.29 is 9.53 Å².